The van der Waals surface area contributed by atoms with Gasteiger partial charge in [0.2, 0.25) is 0 Å². The third kappa shape index (κ3) is 3.47. The minimum Gasteiger partial charge on any atom is -0.480 e. The molecule has 0 aromatic rings. The highest BCUT2D eigenvalue weighted by molar-refractivity contribution is 5.78. The molecule has 4 heteroatoms. The minimum atomic E-state index is -1.07. The lowest BCUT2D eigenvalue weighted by Gasteiger charge is -2.27. The van der Waals surface area contributed by atoms with Crippen molar-refractivity contribution in [2.24, 2.45) is 5.73 Å². The van der Waals surface area contributed by atoms with E-state index in [0.717, 1.165) is 19.3 Å². The van der Waals surface area contributed by atoms with E-state index in [4.69, 9.17) is 15.6 Å². The number of aliphatic carboxylic acids is 1. The highest BCUT2D eigenvalue weighted by Gasteiger charge is 2.31. The van der Waals surface area contributed by atoms with Crippen LogP contribution in [0.4, 0.5) is 0 Å². The number of rotatable bonds is 7. The summed E-state index contributed by atoms with van der Waals surface area (Å²) in [6.07, 6.45) is 5.67. The van der Waals surface area contributed by atoms with Gasteiger partial charge in [-0.15, -0.1) is 0 Å². The van der Waals surface area contributed by atoms with E-state index >= 15 is 0 Å². The number of carbonyl (C=O) groups is 1. The molecular formula is C11H21NO3. The summed E-state index contributed by atoms with van der Waals surface area (Å²) >= 11 is 0. The van der Waals surface area contributed by atoms with Crippen LogP contribution < -0.4 is 5.73 Å². The minimum absolute atomic E-state index is 0.420. The number of ether oxygens (including phenoxy) is 1. The van der Waals surface area contributed by atoms with Gasteiger partial charge in [-0.1, -0.05) is 6.92 Å². The molecule has 0 radical (unpaired) electrons. The van der Waals surface area contributed by atoms with Crippen molar-refractivity contribution in [3.05, 3.63) is 0 Å². The van der Waals surface area contributed by atoms with Crippen molar-refractivity contribution in [1.29, 1.82) is 0 Å². The monoisotopic (exact) mass is 215 g/mol. The van der Waals surface area contributed by atoms with Crippen molar-refractivity contribution in [2.75, 3.05) is 6.61 Å². The Kier molecular flexibility index (Phi) is 4.54. The first-order valence-electron chi connectivity index (χ1n) is 5.72. The molecule has 15 heavy (non-hydrogen) atoms. The third-order valence-electron chi connectivity index (χ3n) is 3.23. The molecule has 0 aromatic carbocycles. The molecule has 1 aliphatic carbocycles. The van der Waals surface area contributed by atoms with Gasteiger partial charge in [-0.2, -0.15) is 0 Å². The van der Waals surface area contributed by atoms with Gasteiger partial charge in [-0.25, -0.2) is 0 Å². The molecule has 1 rings (SSSR count). The molecule has 88 valence electrons. The van der Waals surface area contributed by atoms with Crippen LogP contribution in [0.3, 0.4) is 0 Å². The van der Waals surface area contributed by atoms with Crippen molar-refractivity contribution >= 4 is 5.97 Å². The van der Waals surface area contributed by atoms with Crippen LogP contribution in [0.1, 0.15) is 45.4 Å². The topological polar surface area (TPSA) is 72.5 Å². The summed E-state index contributed by atoms with van der Waals surface area (Å²) in [6, 6.07) is 0. The zero-order valence-corrected chi connectivity index (χ0v) is 9.37. The highest BCUT2D eigenvalue weighted by atomic mass is 16.5. The van der Waals surface area contributed by atoms with Crippen LogP contribution in [-0.4, -0.2) is 29.3 Å². The van der Waals surface area contributed by atoms with E-state index in [0.29, 0.717) is 25.6 Å². The lowest BCUT2D eigenvalue weighted by Crippen LogP contribution is -2.47. The second-order valence-corrected chi connectivity index (χ2v) is 4.34. The summed E-state index contributed by atoms with van der Waals surface area (Å²) in [5.74, 6) is -0.909. The van der Waals surface area contributed by atoms with E-state index in [-0.39, 0.29) is 0 Å². The molecule has 1 aliphatic rings. The van der Waals surface area contributed by atoms with Crippen LogP contribution >= 0.6 is 0 Å². The Morgan fingerprint density at radius 3 is 2.67 bits per heavy atom. The van der Waals surface area contributed by atoms with E-state index in [2.05, 4.69) is 0 Å². The molecule has 1 atom stereocenters. The van der Waals surface area contributed by atoms with Crippen molar-refractivity contribution in [2.45, 2.75) is 57.1 Å². The van der Waals surface area contributed by atoms with E-state index in [1.165, 1.54) is 6.42 Å². The van der Waals surface area contributed by atoms with Gasteiger partial charge in [0.05, 0.1) is 6.10 Å². The summed E-state index contributed by atoms with van der Waals surface area (Å²) in [6.45, 7) is 2.44. The Balaban J connectivity index is 2.13. The summed E-state index contributed by atoms with van der Waals surface area (Å²) in [4.78, 5) is 10.9. The third-order valence-corrected chi connectivity index (χ3v) is 3.23. The standard InChI is InChI=1S/C11H21NO3/c1-2-11(12,10(13)14)7-4-8-15-9-5-3-6-9/h9H,2-8,12H2,1H3,(H,13,14). The largest absolute Gasteiger partial charge is 0.480 e. The maximum absolute atomic E-state index is 10.9. The normalized spacial score (nSPS) is 20.7. The predicted octanol–water partition coefficient (Wildman–Crippen LogP) is 1.53. The van der Waals surface area contributed by atoms with Crippen LogP contribution in [0, 0.1) is 0 Å². The van der Waals surface area contributed by atoms with Gasteiger partial charge in [0.25, 0.3) is 0 Å². The Morgan fingerprint density at radius 1 is 1.60 bits per heavy atom. The van der Waals surface area contributed by atoms with Crippen molar-refractivity contribution in [1.82, 2.24) is 0 Å². The first-order chi connectivity index (χ1) is 7.08. The van der Waals surface area contributed by atoms with Gasteiger partial charge < -0.3 is 15.6 Å². The van der Waals surface area contributed by atoms with Gasteiger partial charge in [0.1, 0.15) is 5.54 Å². The molecule has 0 spiro atoms. The molecule has 3 N–H and O–H groups in total. The van der Waals surface area contributed by atoms with Gasteiger partial charge in [0.15, 0.2) is 0 Å². The second kappa shape index (κ2) is 5.47. The second-order valence-electron chi connectivity index (χ2n) is 4.34. The molecule has 1 saturated carbocycles. The average molecular weight is 215 g/mol. The number of hydrogen-bond donors (Lipinski definition) is 2. The number of carboxylic acid groups (broad SMARTS) is 1. The first kappa shape index (κ1) is 12.5. The summed E-state index contributed by atoms with van der Waals surface area (Å²) in [5.41, 5.74) is 4.68. The zero-order chi connectivity index (χ0) is 11.3. The molecule has 1 fully saturated rings. The number of nitrogens with two attached hydrogens (primary N) is 1. The summed E-state index contributed by atoms with van der Waals surface area (Å²) in [7, 11) is 0. The van der Waals surface area contributed by atoms with Crippen LogP contribution in [0.5, 0.6) is 0 Å². The average Bonchev–Trinajstić information content (AvgIpc) is 2.14. The molecule has 0 aromatic heterocycles. The molecule has 0 amide bonds. The zero-order valence-electron chi connectivity index (χ0n) is 9.37. The number of carboxylic acids is 1. The molecular weight excluding hydrogens is 194 g/mol. The quantitative estimate of drug-likeness (QED) is 0.632. The summed E-state index contributed by atoms with van der Waals surface area (Å²) in [5, 5.41) is 8.93. The maximum Gasteiger partial charge on any atom is 0.323 e. The van der Waals surface area contributed by atoms with Crippen LogP contribution in [0.2, 0.25) is 0 Å². The van der Waals surface area contributed by atoms with Crippen molar-refractivity contribution < 1.29 is 14.6 Å². The maximum atomic E-state index is 10.9. The Bertz CT molecular complexity index is 216. The van der Waals surface area contributed by atoms with E-state index < -0.39 is 11.5 Å². The van der Waals surface area contributed by atoms with E-state index in [9.17, 15) is 4.79 Å². The SMILES string of the molecule is CCC(N)(CCCOC1CCC1)C(=O)O. The van der Waals surface area contributed by atoms with E-state index in [1.807, 2.05) is 0 Å². The molecule has 4 nitrogen and oxygen atoms in total. The fraction of sp³-hybridized carbons (Fsp3) is 0.909. The van der Waals surface area contributed by atoms with Crippen LogP contribution in [0.25, 0.3) is 0 Å². The Labute approximate surface area is 90.8 Å². The molecule has 0 heterocycles. The van der Waals surface area contributed by atoms with Crippen LogP contribution in [0.15, 0.2) is 0 Å². The molecule has 0 bridgehead atoms. The van der Waals surface area contributed by atoms with Crippen molar-refractivity contribution in [3.63, 3.8) is 0 Å². The Hall–Kier alpha value is -0.610. The fourth-order valence-electron chi connectivity index (χ4n) is 1.61. The highest BCUT2D eigenvalue weighted by Crippen LogP contribution is 2.22. The van der Waals surface area contributed by atoms with Gasteiger partial charge >= 0.3 is 5.97 Å². The van der Waals surface area contributed by atoms with Gasteiger partial charge in [0, 0.05) is 6.61 Å². The lowest BCUT2D eigenvalue weighted by atomic mass is 9.92. The van der Waals surface area contributed by atoms with Gasteiger partial charge in [-0.05, 0) is 38.5 Å². The number of hydrogen-bond acceptors (Lipinski definition) is 3. The smallest absolute Gasteiger partial charge is 0.323 e. The van der Waals surface area contributed by atoms with Crippen molar-refractivity contribution in [3.8, 4) is 0 Å². The van der Waals surface area contributed by atoms with Gasteiger partial charge in [-0.3, -0.25) is 4.79 Å². The predicted molar refractivity (Wildman–Crippen MR) is 57.7 cm³/mol. The molecule has 1 unspecified atom stereocenters. The molecule has 0 saturated heterocycles. The summed E-state index contributed by atoms with van der Waals surface area (Å²) < 4.78 is 5.55. The molecule has 0 aliphatic heterocycles. The Morgan fingerprint density at radius 2 is 2.27 bits per heavy atom. The first-order valence-corrected chi connectivity index (χ1v) is 5.72. The van der Waals surface area contributed by atoms with Crippen LogP contribution in [-0.2, 0) is 9.53 Å². The fourth-order valence-corrected chi connectivity index (χ4v) is 1.61. The van der Waals surface area contributed by atoms with E-state index in [1.54, 1.807) is 6.92 Å². The lowest BCUT2D eigenvalue weighted by molar-refractivity contribution is -0.144.